The van der Waals surface area contributed by atoms with Crippen molar-refractivity contribution in [2.24, 2.45) is 0 Å². The normalized spacial score (nSPS) is 25.1. The number of thiophene rings is 1. The van der Waals surface area contributed by atoms with Crippen LogP contribution in [0.2, 0.25) is 4.34 Å². The summed E-state index contributed by atoms with van der Waals surface area (Å²) < 4.78 is 36.6. The van der Waals surface area contributed by atoms with Crippen molar-refractivity contribution >= 4 is 76.4 Å². The van der Waals surface area contributed by atoms with Gasteiger partial charge in [0.1, 0.15) is 25.5 Å². The highest BCUT2D eigenvalue weighted by atomic mass is 79.9. The van der Waals surface area contributed by atoms with Crippen molar-refractivity contribution in [2.75, 3.05) is 5.32 Å². The van der Waals surface area contributed by atoms with Crippen molar-refractivity contribution < 1.29 is 23.1 Å². The van der Waals surface area contributed by atoms with Gasteiger partial charge >= 0.3 is 0 Å². The summed E-state index contributed by atoms with van der Waals surface area (Å²) in [5, 5.41) is 14.1. The lowest BCUT2D eigenvalue weighted by atomic mass is 9.93. The molecule has 0 radical (unpaired) electrons. The van der Waals surface area contributed by atoms with Crippen LogP contribution in [0.1, 0.15) is 35.3 Å². The number of anilines is 1. The Labute approximate surface area is 221 Å². The van der Waals surface area contributed by atoms with Gasteiger partial charge in [0.05, 0.1) is 6.04 Å². The molecule has 1 amide bonds. The fourth-order valence-corrected chi connectivity index (χ4v) is 7.92. The van der Waals surface area contributed by atoms with Crippen LogP contribution in [0.3, 0.4) is 0 Å². The smallest absolute Gasteiger partial charge is 0.255 e. The minimum atomic E-state index is -4.03. The average Bonchev–Trinajstić information content (AvgIpc) is 3.18. The Balaban J connectivity index is 1.49. The highest BCUT2D eigenvalue weighted by Gasteiger charge is 2.73. The molecular weight excluding hydrogens is 632 g/mol. The molecule has 1 aliphatic carbocycles. The monoisotopic (exact) mass is 646 g/mol. The summed E-state index contributed by atoms with van der Waals surface area (Å²) in [7, 11) is -4.03. The van der Waals surface area contributed by atoms with Crippen LogP contribution in [0.5, 0.6) is 5.75 Å². The summed E-state index contributed by atoms with van der Waals surface area (Å²) in [5.41, 5.74) is -1.13. The Morgan fingerprint density at radius 3 is 2.56 bits per heavy atom. The summed E-state index contributed by atoms with van der Waals surface area (Å²) >= 11 is 13.5. The van der Waals surface area contributed by atoms with Gasteiger partial charge in [-0.05, 0) is 71.4 Å². The van der Waals surface area contributed by atoms with Gasteiger partial charge in [-0.2, -0.15) is 4.72 Å². The van der Waals surface area contributed by atoms with Crippen LogP contribution in [-0.4, -0.2) is 30.6 Å². The van der Waals surface area contributed by atoms with Gasteiger partial charge < -0.3 is 15.2 Å². The molecule has 178 valence electrons. The molecule has 5 rings (SSSR count). The zero-order valence-corrected chi connectivity index (χ0v) is 23.0. The van der Waals surface area contributed by atoms with Crippen LogP contribution in [0.15, 0.2) is 61.7 Å². The number of ether oxygens (including phenoxy) is 1. The van der Waals surface area contributed by atoms with E-state index in [9.17, 15) is 18.3 Å². The zero-order chi connectivity index (χ0) is 24.5. The molecule has 1 aliphatic heterocycles. The quantitative estimate of drug-likeness (QED) is 0.340. The number of hydrogen-bond donors (Lipinski definition) is 3. The highest BCUT2D eigenvalue weighted by Crippen LogP contribution is 2.62. The van der Waals surface area contributed by atoms with Crippen LogP contribution in [0.4, 0.5) is 5.69 Å². The van der Waals surface area contributed by atoms with Crippen molar-refractivity contribution in [1.82, 2.24) is 4.72 Å². The lowest BCUT2D eigenvalue weighted by Crippen LogP contribution is -2.46. The van der Waals surface area contributed by atoms with E-state index in [4.69, 9.17) is 16.3 Å². The lowest BCUT2D eigenvalue weighted by molar-refractivity contribution is 0.00667. The maximum absolute atomic E-state index is 13.2. The van der Waals surface area contributed by atoms with Crippen LogP contribution in [0, 0.1) is 0 Å². The van der Waals surface area contributed by atoms with Crippen LogP contribution >= 0.6 is 54.8 Å². The van der Waals surface area contributed by atoms with E-state index in [2.05, 4.69) is 41.9 Å². The third-order valence-corrected chi connectivity index (χ3v) is 11.0. The van der Waals surface area contributed by atoms with Gasteiger partial charge in [0.2, 0.25) is 0 Å². The second-order valence-electron chi connectivity index (χ2n) is 8.39. The van der Waals surface area contributed by atoms with E-state index in [0.717, 1.165) is 15.8 Å². The molecule has 7 nitrogen and oxygen atoms in total. The fraction of sp³-hybridized carbons (Fsp3) is 0.227. The fourth-order valence-electron chi connectivity index (χ4n) is 4.08. The van der Waals surface area contributed by atoms with Gasteiger partial charge in [-0.25, -0.2) is 8.42 Å². The van der Waals surface area contributed by atoms with Gasteiger partial charge in [-0.3, -0.25) is 4.79 Å². The molecule has 12 heteroatoms. The SMILES string of the molecule is CC12CC1(O)[C@H](NS(=O)(=O)c1cc(Br)c(Cl)s1)c1cc(C(=O)Nc3ccc(Br)cc3)ccc1O2. The molecule has 2 heterocycles. The summed E-state index contributed by atoms with van der Waals surface area (Å²) in [6, 6.07) is 12.3. The molecule has 34 heavy (non-hydrogen) atoms. The lowest BCUT2D eigenvalue weighted by Gasteiger charge is -2.35. The van der Waals surface area contributed by atoms with Crippen LogP contribution < -0.4 is 14.8 Å². The molecular formula is C22H17Br2ClN2O5S2. The number of amides is 1. The largest absolute Gasteiger partial charge is 0.484 e. The molecule has 3 N–H and O–H groups in total. The molecule has 2 aromatic carbocycles. The standard InChI is InChI=1S/C22H17Br2ClN2O5S2/c1-21-10-22(21,29)18(27-34(30,31)17-9-15(24)19(25)33-17)14-8-11(2-7-16(14)32-21)20(28)26-13-5-3-12(23)4-6-13/h2-9,18,27,29H,10H2,1H3,(H,26,28)/t18-,21?,22?/m1/s1. The Morgan fingerprint density at radius 2 is 1.91 bits per heavy atom. The number of halogens is 3. The Morgan fingerprint density at radius 1 is 1.21 bits per heavy atom. The number of benzene rings is 2. The number of carbonyl (C=O) groups excluding carboxylic acids is 1. The van der Waals surface area contributed by atoms with Crippen molar-refractivity contribution in [3.8, 4) is 5.75 Å². The average molecular weight is 649 g/mol. The summed E-state index contributed by atoms with van der Waals surface area (Å²) in [5.74, 6) is 0.0276. The third kappa shape index (κ3) is 4.11. The number of carbonyl (C=O) groups is 1. The van der Waals surface area contributed by atoms with Gasteiger partial charge in [-0.1, -0.05) is 27.5 Å². The Hall–Kier alpha value is -1.47. The van der Waals surface area contributed by atoms with E-state index in [0.29, 0.717) is 31.4 Å². The molecule has 0 saturated heterocycles. The van der Waals surface area contributed by atoms with Gasteiger partial charge in [0.25, 0.3) is 15.9 Å². The molecule has 3 aromatic rings. The number of sulfonamides is 1. The number of aliphatic hydroxyl groups is 1. The molecule has 2 unspecified atom stereocenters. The number of hydrogen-bond acceptors (Lipinski definition) is 6. The molecule has 0 bridgehead atoms. The summed E-state index contributed by atoms with van der Waals surface area (Å²) in [4.78, 5) is 12.9. The van der Waals surface area contributed by atoms with E-state index in [1.165, 1.54) is 6.07 Å². The molecule has 2 aliphatic rings. The Bertz CT molecular complexity index is 1410. The third-order valence-electron chi connectivity index (χ3n) is 6.06. The molecule has 0 spiro atoms. The topological polar surface area (TPSA) is 105 Å². The number of rotatable bonds is 5. The summed E-state index contributed by atoms with van der Waals surface area (Å²) in [6.45, 7) is 1.73. The van der Waals surface area contributed by atoms with E-state index < -0.39 is 27.3 Å². The minimum Gasteiger partial charge on any atom is -0.484 e. The second-order valence-corrected chi connectivity index (χ2v) is 13.8. The first-order chi connectivity index (χ1) is 15.9. The molecule has 1 saturated carbocycles. The first kappa shape index (κ1) is 24.2. The van der Waals surface area contributed by atoms with Crippen molar-refractivity contribution in [1.29, 1.82) is 0 Å². The predicted octanol–water partition coefficient (Wildman–Crippen LogP) is 5.48. The van der Waals surface area contributed by atoms with Gasteiger partial charge in [0, 0.05) is 32.2 Å². The van der Waals surface area contributed by atoms with Crippen molar-refractivity contribution in [3.05, 3.63) is 72.9 Å². The predicted molar refractivity (Wildman–Crippen MR) is 137 cm³/mol. The van der Waals surface area contributed by atoms with Crippen LogP contribution in [0.25, 0.3) is 0 Å². The zero-order valence-electron chi connectivity index (χ0n) is 17.4. The van der Waals surface area contributed by atoms with Gasteiger partial charge in [-0.15, -0.1) is 11.3 Å². The second kappa shape index (κ2) is 8.29. The van der Waals surface area contributed by atoms with E-state index in [-0.39, 0.29) is 16.5 Å². The van der Waals surface area contributed by atoms with Gasteiger partial charge in [0.15, 0.2) is 0 Å². The van der Waals surface area contributed by atoms with E-state index in [1.807, 2.05) is 0 Å². The number of nitrogens with one attached hydrogen (secondary N) is 2. The molecule has 1 fully saturated rings. The highest BCUT2D eigenvalue weighted by molar-refractivity contribution is 9.10. The van der Waals surface area contributed by atoms with Crippen molar-refractivity contribution in [3.63, 3.8) is 0 Å². The Kier molecular flexibility index (Phi) is 5.91. The molecule has 3 atom stereocenters. The maximum Gasteiger partial charge on any atom is 0.255 e. The molecule has 1 aromatic heterocycles. The first-order valence-electron chi connectivity index (χ1n) is 10.0. The van der Waals surface area contributed by atoms with Crippen LogP contribution in [-0.2, 0) is 10.0 Å². The van der Waals surface area contributed by atoms with Crippen molar-refractivity contribution in [2.45, 2.75) is 34.8 Å². The number of fused-ring (bicyclic) bond motifs is 2. The first-order valence-corrected chi connectivity index (χ1v) is 14.3. The minimum absolute atomic E-state index is 0.00695. The summed E-state index contributed by atoms with van der Waals surface area (Å²) in [6.07, 6.45) is 0.233. The van der Waals surface area contributed by atoms with E-state index >= 15 is 0 Å². The van der Waals surface area contributed by atoms with E-state index in [1.54, 1.807) is 49.4 Å². The maximum atomic E-state index is 13.2.